The van der Waals surface area contributed by atoms with Gasteiger partial charge in [-0.15, -0.1) is 0 Å². The first kappa shape index (κ1) is 13.1. The first-order valence-corrected chi connectivity index (χ1v) is 6.13. The van der Waals surface area contributed by atoms with Crippen molar-refractivity contribution < 1.29 is 14.3 Å². The van der Waals surface area contributed by atoms with Gasteiger partial charge in [0, 0.05) is 0 Å². The summed E-state index contributed by atoms with van der Waals surface area (Å²) in [7, 11) is 1.38. The van der Waals surface area contributed by atoms with E-state index < -0.39 is 0 Å². The van der Waals surface area contributed by atoms with Crippen molar-refractivity contribution in [3.63, 3.8) is 0 Å². The molecule has 0 aromatic heterocycles. The zero-order valence-corrected chi connectivity index (χ0v) is 10.8. The van der Waals surface area contributed by atoms with Crippen molar-refractivity contribution >= 4 is 5.97 Å². The van der Waals surface area contributed by atoms with E-state index in [9.17, 15) is 4.79 Å². The lowest BCUT2D eigenvalue weighted by atomic mass is 10.1. The normalized spacial score (nSPS) is 11.6. The third-order valence-electron chi connectivity index (χ3n) is 2.77. The van der Waals surface area contributed by atoms with Crippen molar-refractivity contribution in [3.05, 3.63) is 66.2 Å². The molecule has 0 N–H and O–H groups in total. The monoisotopic (exact) mass is 256 g/mol. The highest BCUT2D eigenvalue weighted by Gasteiger charge is 2.18. The Morgan fingerprint density at radius 1 is 1.00 bits per heavy atom. The molecule has 0 radical (unpaired) electrons. The standard InChI is InChI=1S/C16H16O3/c1-18-16(17)12-15(13-8-4-2-5-9-13)19-14-10-6-3-7-11-14/h2-11,15H,12H2,1H3. The minimum atomic E-state index is -0.337. The summed E-state index contributed by atoms with van der Waals surface area (Å²) in [5.41, 5.74) is 0.955. The zero-order valence-electron chi connectivity index (χ0n) is 10.8. The molecule has 2 aromatic carbocycles. The van der Waals surface area contributed by atoms with Gasteiger partial charge in [-0.1, -0.05) is 48.5 Å². The number of esters is 1. The van der Waals surface area contributed by atoms with Crippen LogP contribution in [0.4, 0.5) is 0 Å². The molecule has 0 saturated heterocycles. The van der Waals surface area contributed by atoms with Crippen LogP contribution in [0, 0.1) is 0 Å². The molecule has 1 atom stereocenters. The van der Waals surface area contributed by atoms with E-state index in [1.807, 2.05) is 60.7 Å². The topological polar surface area (TPSA) is 35.5 Å². The average Bonchev–Trinajstić information content (AvgIpc) is 2.48. The molecule has 0 bridgehead atoms. The second-order valence-corrected chi connectivity index (χ2v) is 4.11. The number of carbonyl (C=O) groups is 1. The maximum atomic E-state index is 11.5. The Hall–Kier alpha value is -2.29. The maximum Gasteiger partial charge on any atom is 0.309 e. The average molecular weight is 256 g/mol. The second kappa shape index (κ2) is 6.59. The Morgan fingerprint density at radius 2 is 1.58 bits per heavy atom. The largest absolute Gasteiger partial charge is 0.485 e. The van der Waals surface area contributed by atoms with Crippen LogP contribution in [-0.2, 0) is 9.53 Å². The van der Waals surface area contributed by atoms with Crippen LogP contribution in [0.1, 0.15) is 18.1 Å². The smallest absolute Gasteiger partial charge is 0.309 e. The van der Waals surface area contributed by atoms with Crippen LogP contribution in [0.15, 0.2) is 60.7 Å². The first-order chi connectivity index (χ1) is 9.29. The molecule has 98 valence electrons. The molecule has 19 heavy (non-hydrogen) atoms. The Labute approximate surface area is 112 Å². The lowest BCUT2D eigenvalue weighted by Gasteiger charge is -2.18. The van der Waals surface area contributed by atoms with Crippen LogP contribution in [0.2, 0.25) is 0 Å². The van der Waals surface area contributed by atoms with E-state index in [-0.39, 0.29) is 18.5 Å². The number of carbonyl (C=O) groups excluding carboxylic acids is 1. The van der Waals surface area contributed by atoms with Crippen LogP contribution in [0.25, 0.3) is 0 Å². The quantitative estimate of drug-likeness (QED) is 0.769. The zero-order chi connectivity index (χ0) is 13.5. The molecule has 0 spiro atoms. The van der Waals surface area contributed by atoms with Crippen LogP contribution in [0.5, 0.6) is 5.75 Å². The fraction of sp³-hybridized carbons (Fsp3) is 0.188. The van der Waals surface area contributed by atoms with E-state index in [2.05, 4.69) is 0 Å². The fourth-order valence-electron chi connectivity index (χ4n) is 1.79. The minimum Gasteiger partial charge on any atom is -0.485 e. The molecular formula is C16H16O3. The van der Waals surface area contributed by atoms with Crippen LogP contribution in [-0.4, -0.2) is 13.1 Å². The Bertz CT molecular complexity index is 508. The molecular weight excluding hydrogens is 240 g/mol. The third-order valence-corrected chi connectivity index (χ3v) is 2.77. The molecule has 0 aliphatic carbocycles. The van der Waals surface area contributed by atoms with Crippen molar-refractivity contribution in [3.8, 4) is 5.75 Å². The number of hydrogen-bond acceptors (Lipinski definition) is 3. The summed E-state index contributed by atoms with van der Waals surface area (Å²) in [4.78, 5) is 11.5. The van der Waals surface area contributed by atoms with Gasteiger partial charge in [-0.05, 0) is 17.7 Å². The highest BCUT2D eigenvalue weighted by Crippen LogP contribution is 2.24. The van der Waals surface area contributed by atoms with E-state index >= 15 is 0 Å². The SMILES string of the molecule is COC(=O)CC(Oc1ccccc1)c1ccccc1. The van der Waals surface area contributed by atoms with Crippen LogP contribution < -0.4 is 4.74 Å². The van der Waals surface area contributed by atoms with Gasteiger partial charge in [0.05, 0.1) is 13.5 Å². The van der Waals surface area contributed by atoms with Gasteiger partial charge in [0.2, 0.25) is 0 Å². The lowest BCUT2D eigenvalue weighted by Crippen LogP contribution is -2.14. The number of rotatable bonds is 5. The molecule has 0 aliphatic heterocycles. The fourth-order valence-corrected chi connectivity index (χ4v) is 1.79. The highest BCUT2D eigenvalue weighted by atomic mass is 16.5. The lowest BCUT2D eigenvalue weighted by molar-refractivity contribution is -0.142. The van der Waals surface area contributed by atoms with Gasteiger partial charge >= 0.3 is 5.97 Å². The summed E-state index contributed by atoms with van der Waals surface area (Å²) in [6, 6.07) is 19.1. The molecule has 0 heterocycles. The molecule has 0 aliphatic rings. The second-order valence-electron chi connectivity index (χ2n) is 4.11. The third kappa shape index (κ3) is 3.85. The van der Waals surface area contributed by atoms with E-state index in [1.54, 1.807) is 0 Å². The molecule has 1 unspecified atom stereocenters. The van der Waals surface area contributed by atoms with Gasteiger partial charge in [0.25, 0.3) is 0 Å². The number of methoxy groups -OCH3 is 1. The minimum absolute atomic E-state index is 0.190. The van der Waals surface area contributed by atoms with Gasteiger partial charge in [0.15, 0.2) is 0 Å². The molecule has 0 amide bonds. The van der Waals surface area contributed by atoms with E-state index in [1.165, 1.54) is 7.11 Å². The number of benzene rings is 2. The van der Waals surface area contributed by atoms with E-state index in [0.29, 0.717) is 0 Å². The maximum absolute atomic E-state index is 11.5. The summed E-state index contributed by atoms with van der Waals surface area (Å²) in [6.07, 6.45) is -0.147. The Balaban J connectivity index is 2.17. The number of para-hydroxylation sites is 1. The van der Waals surface area contributed by atoms with Gasteiger partial charge in [-0.3, -0.25) is 4.79 Å². The van der Waals surface area contributed by atoms with Gasteiger partial charge in [-0.2, -0.15) is 0 Å². The van der Waals surface area contributed by atoms with Gasteiger partial charge in [0.1, 0.15) is 11.9 Å². The molecule has 3 heteroatoms. The molecule has 0 saturated carbocycles. The van der Waals surface area contributed by atoms with Crippen molar-refractivity contribution in [1.82, 2.24) is 0 Å². The Kier molecular flexibility index (Phi) is 4.56. The van der Waals surface area contributed by atoms with Crippen LogP contribution in [0.3, 0.4) is 0 Å². The number of ether oxygens (including phenoxy) is 2. The van der Waals surface area contributed by atoms with Crippen molar-refractivity contribution in [2.24, 2.45) is 0 Å². The molecule has 2 rings (SSSR count). The van der Waals surface area contributed by atoms with Crippen molar-refractivity contribution in [2.45, 2.75) is 12.5 Å². The van der Waals surface area contributed by atoms with E-state index in [0.717, 1.165) is 11.3 Å². The molecule has 0 fully saturated rings. The van der Waals surface area contributed by atoms with Gasteiger partial charge < -0.3 is 9.47 Å². The summed E-state index contributed by atoms with van der Waals surface area (Å²) in [5, 5.41) is 0. The van der Waals surface area contributed by atoms with Crippen molar-refractivity contribution in [2.75, 3.05) is 7.11 Å². The van der Waals surface area contributed by atoms with E-state index in [4.69, 9.17) is 9.47 Å². The number of hydrogen-bond donors (Lipinski definition) is 0. The summed E-state index contributed by atoms with van der Waals surface area (Å²) in [6.45, 7) is 0. The molecule has 2 aromatic rings. The summed E-state index contributed by atoms with van der Waals surface area (Å²) >= 11 is 0. The van der Waals surface area contributed by atoms with Gasteiger partial charge in [-0.25, -0.2) is 0 Å². The Morgan fingerprint density at radius 3 is 2.16 bits per heavy atom. The highest BCUT2D eigenvalue weighted by molar-refractivity contribution is 5.70. The summed E-state index contributed by atoms with van der Waals surface area (Å²) in [5.74, 6) is 0.449. The predicted octanol–water partition coefficient (Wildman–Crippen LogP) is 3.37. The predicted molar refractivity (Wildman–Crippen MR) is 72.9 cm³/mol. The molecule has 3 nitrogen and oxygen atoms in total. The van der Waals surface area contributed by atoms with Crippen LogP contribution >= 0.6 is 0 Å². The van der Waals surface area contributed by atoms with Crippen molar-refractivity contribution in [1.29, 1.82) is 0 Å². The summed E-state index contributed by atoms with van der Waals surface area (Å²) < 4.78 is 10.6. The first-order valence-electron chi connectivity index (χ1n) is 6.13.